The summed E-state index contributed by atoms with van der Waals surface area (Å²) in [6.07, 6.45) is 2.22. The van der Waals surface area contributed by atoms with E-state index in [1.54, 1.807) is 18.8 Å². The van der Waals surface area contributed by atoms with Gasteiger partial charge in [0, 0.05) is 26.1 Å². The van der Waals surface area contributed by atoms with Crippen molar-refractivity contribution >= 4 is 11.6 Å². The lowest BCUT2D eigenvalue weighted by Crippen LogP contribution is -2.32. The lowest BCUT2D eigenvalue weighted by Gasteiger charge is -2.21. The second-order valence-corrected chi connectivity index (χ2v) is 5.15. The van der Waals surface area contributed by atoms with E-state index in [4.69, 9.17) is 16.3 Å². The number of methoxy groups -OCH3 is 1. The molecule has 0 radical (unpaired) electrons. The van der Waals surface area contributed by atoms with E-state index in [2.05, 4.69) is 5.10 Å². The first-order valence-electron chi connectivity index (χ1n) is 5.93. The van der Waals surface area contributed by atoms with Gasteiger partial charge in [0.15, 0.2) is 0 Å². The molecule has 0 aliphatic heterocycles. The molecule has 5 heteroatoms. The van der Waals surface area contributed by atoms with Gasteiger partial charge in [-0.15, -0.1) is 0 Å². The van der Waals surface area contributed by atoms with Gasteiger partial charge in [-0.05, 0) is 25.7 Å². The minimum Gasteiger partial charge on any atom is -0.390 e. The minimum absolute atomic E-state index is 0.0781. The van der Waals surface area contributed by atoms with E-state index in [1.807, 2.05) is 6.92 Å². The lowest BCUT2D eigenvalue weighted by molar-refractivity contribution is -0.0238. The Labute approximate surface area is 107 Å². The SMILES string of the molecule is COC(C(O)Cc1c(C)nn(C)c1Cl)C1CC1. The van der Waals surface area contributed by atoms with Crippen LogP contribution in [0.15, 0.2) is 0 Å². The van der Waals surface area contributed by atoms with Gasteiger partial charge in [-0.1, -0.05) is 11.6 Å². The van der Waals surface area contributed by atoms with E-state index in [9.17, 15) is 5.11 Å². The number of aliphatic hydroxyl groups excluding tert-OH is 1. The van der Waals surface area contributed by atoms with Crippen LogP contribution < -0.4 is 0 Å². The van der Waals surface area contributed by atoms with Crippen molar-refractivity contribution in [1.82, 2.24) is 9.78 Å². The second kappa shape index (κ2) is 4.96. The number of rotatable bonds is 5. The van der Waals surface area contributed by atoms with Crippen LogP contribution in [0.1, 0.15) is 24.1 Å². The zero-order chi connectivity index (χ0) is 12.6. The van der Waals surface area contributed by atoms with E-state index in [-0.39, 0.29) is 6.10 Å². The fraction of sp³-hybridized carbons (Fsp3) is 0.750. The molecule has 96 valence electrons. The van der Waals surface area contributed by atoms with Gasteiger partial charge >= 0.3 is 0 Å². The van der Waals surface area contributed by atoms with Crippen LogP contribution in [0.25, 0.3) is 0 Å². The van der Waals surface area contributed by atoms with Gasteiger partial charge in [-0.2, -0.15) is 5.10 Å². The third-order valence-corrected chi connectivity index (χ3v) is 3.89. The maximum atomic E-state index is 10.2. The predicted molar refractivity (Wildman–Crippen MR) is 66.2 cm³/mol. The highest BCUT2D eigenvalue weighted by atomic mass is 35.5. The van der Waals surface area contributed by atoms with Crippen molar-refractivity contribution in [3.05, 3.63) is 16.4 Å². The van der Waals surface area contributed by atoms with Crippen LogP contribution in [0.5, 0.6) is 0 Å². The molecule has 4 nitrogen and oxygen atoms in total. The molecular weight excluding hydrogens is 240 g/mol. The Morgan fingerprint density at radius 2 is 2.24 bits per heavy atom. The molecule has 0 spiro atoms. The Hall–Kier alpha value is -0.580. The first-order chi connectivity index (χ1) is 8.04. The molecule has 1 aliphatic carbocycles. The molecule has 1 fully saturated rings. The number of ether oxygens (including phenoxy) is 1. The quantitative estimate of drug-likeness (QED) is 0.875. The van der Waals surface area contributed by atoms with Crippen LogP contribution in [0, 0.1) is 12.8 Å². The number of hydrogen-bond acceptors (Lipinski definition) is 3. The fourth-order valence-corrected chi connectivity index (χ4v) is 2.57. The molecule has 1 aromatic heterocycles. The fourth-order valence-electron chi connectivity index (χ4n) is 2.32. The van der Waals surface area contributed by atoms with Gasteiger partial charge in [0.2, 0.25) is 0 Å². The van der Waals surface area contributed by atoms with Crippen LogP contribution >= 0.6 is 11.6 Å². The van der Waals surface area contributed by atoms with Gasteiger partial charge in [0.1, 0.15) is 5.15 Å². The molecule has 1 aliphatic rings. The normalized spacial score (nSPS) is 19.4. The Bertz CT molecular complexity index is 401. The Morgan fingerprint density at radius 1 is 1.59 bits per heavy atom. The average Bonchev–Trinajstić information content (AvgIpc) is 3.06. The summed E-state index contributed by atoms with van der Waals surface area (Å²) < 4.78 is 7.01. The molecule has 1 heterocycles. The van der Waals surface area contributed by atoms with Crippen LogP contribution in [-0.2, 0) is 18.2 Å². The van der Waals surface area contributed by atoms with E-state index < -0.39 is 6.10 Å². The summed E-state index contributed by atoms with van der Waals surface area (Å²) in [6, 6.07) is 0. The summed E-state index contributed by atoms with van der Waals surface area (Å²) in [7, 11) is 3.46. The van der Waals surface area contributed by atoms with Crippen LogP contribution in [0.2, 0.25) is 5.15 Å². The smallest absolute Gasteiger partial charge is 0.130 e. The number of nitrogens with zero attached hydrogens (tertiary/aromatic N) is 2. The molecule has 0 amide bonds. The second-order valence-electron chi connectivity index (χ2n) is 4.79. The van der Waals surface area contributed by atoms with Crippen LogP contribution in [-0.4, -0.2) is 34.2 Å². The van der Waals surface area contributed by atoms with Crippen molar-refractivity contribution < 1.29 is 9.84 Å². The summed E-state index contributed by atoms with van der Waals surface area (Å²) in [5, 5.41) is 15.1. The topological polar surface area (TPSA) is 47.3 Å². The molecule has 17 heavy (non-hydrogen) atoms. The first-order valence-corrected chi connectivity index (χ1v) is 6.31. The summed E-state index contributed by atoms with van der Waals surface area (Å²) in [5.41, 5.74) is 1.80. The van der Waals surface area contributed by atoms with E-state index >= 15 is 0 Å². The molecular formula is C12H19ClN2O2. The molecule has 1 aromatic rings. The van der Waals surface area contributed by atoms with Gasteiger partial charge < -0.3 is 9.84 Å². The van der Waals surface area contributed by atoms with Crippen molar-refractivity contribution in [2.45, 2.75) is 38.4 Å². The van der Waals surface area contributed by atoms with Gasteiger partial charge in [-0.25, -0.2) is 0 Å². The average molecular weight is 259 g/mol. The largest absolute Gasteiger partial charge is 0.390 e. The van der Waals surface area contributed by atoms with Gasteiger partial charge in [0.05, 0.1) is 17.9 Å². The third kappa shape index (κ3) is 2.64. The van der Waals surface area contributed by atoms with Crippen molar-refractivity contribution in [2.75, 3.05) is 7.11 Å². The highest BCUT2D eigenvalue weighted by Gasteiger charge is 2.36. The number of aryl methyl sites for hydroxylation is 2. The summed E-state index contributed by atoms with van der Waals surface area (Å²) >= 11 is 6.15. The zero-order valence-electron chi connectivity index (χ0n) is 10.5. The predicted octanol–water partition coefficient (Wildman–Crippen LogP) is 1.71. The van der Waals surface area contributed by atoms with Crippen molar-refractivity contribution in [1.29, 1.82) is 0 Å². The number of aliphatic hydroxyl groups is 1. The van der Waals surface area contributed by atoms with Crippen molar-refractivity contribution in [2.24, 2.45) is 13.0 Å². The monoisotopic (exact) mass is 258 g/mol. The van der Waals surface area contributed by atoms with Crippen molar-refractivity contribution in [3.63, 3.8) is 0 Å². The molecule has 2 rings (SSSR count). The lowest BCUT2D eigenvalue weighted by atomic mass is 10.0. The van der Waals surface area contributed by atoms with E-state index in [0.29, 0.717) is 17.5 Å². The van der Waals surface area contributed by atoms with Crippen LogP contribution in [0.4, 0.5) is 0 Å². The molecule has 1 N–H and O–H groups in total. The van der Waals surface area contributed by atoms with E-state index in [0.717, 1.165) is 24.1 Å². The van der Waals surface area contributed by atoms with E-state index in [1.165, 1.54) is 0 Å². The Balaban J connectivity index is 2.08. The Kier molecular flexibility index (Phi) is 3.76. The molecule has 0 aromatic carbocycles. The maximum Gasteiger partial charge on any atom is 0.130 e. The number of halogens is 1. The first kappa shape index (κ1) is 12.9. The summed E-state index contributed by atoms with van der Waals surface area (Å²) in [4.78, 5) is 0. The third-order valence-electron chi connectivity index (χ3n) is 3.42. The highest BCUT2D eigenvalue weighted by Crippen LogP contribution is 2.36. The molecule has 1 saturated carbocycles. The summed E-state index contributed by atoms with van der Waals surface area (Å²) in [6.45, 7) is 1.91. The highest BCUT2D eigenvalue weighted by molar-refractivity contribution is 6.30. The standard InChI is InChI=1S/C12H19ClN2O2/c1-7-9(12(13)15(2)14-7)6-10(16)11(17-3)8-4-5-8/h8,10-11,16H,4-6H2,1-3H3. The molecule has 0 saturated heterocycles. The Morgan fingerprint density at radius 3 is 2.65 bits per heavy atom. The minimum atomic E-state index is -0.507. The van der Waals surface area contributed by atoms with Crippen LogP contribution in [0.3, 0.4) is 0 Å². The molecule has 2 unspecified atom stereocenters. The zero-order valence-corrected chi connectivity index (χ0v) is 11.2. The van der Waals surface area contributed by atoms with Crippen molar-refractivity contribution in [3.8, 4) is 0 Å². The maximum absolute atomic E-state index is 10.2. The van der Waals surface area contributed by atoms with Gasteiger partial charge in [0.25, 0.3) is 0 Å². The molecule has 2 atom stereocenters. The number of hydrogen-bond donors (Lipinski definition) is 1. The van der Waals surface area contributed by atoms with Gasteiger partial charge in [-0.3, -0.25) is 4.68 Å². The summed E-state index contributed by atoms with van der Waals surface area (Å²) in [5.74, 6) is 0.505. The molecule has 0 bridgehead atoms. The number of aromatic nitrogens is 2.